The molecule has 0 bridgehead atoms. The molecule has 6 nitrogen and oxygen atoms in total. The van der Waals surface area contributed by atoms with Gasteiger partial charge in [-0.25, -0.2) is 14.6 Å². The fourth-order valence-electron chi connectivity index (χ4n) is 2.85. The molecule has 0 aliphatic carbocycles. The third-order valence-electron chi connectivity index (χ3n) is 4.19. The van der Waals surface area contributed by atoms with Crippen LogP contribution >= 0.6 is 0 Å². The number of aryl methyl sites for hydroxylation is 2. The summed E-state index contributed by atoms with van der Waals surface area (Å²) in [6, 6.07) is 5.20. The molecule has 134 valence electrons. The number of nitrogens with zero attached hydrogens (tertiary/aromatic N) is 2. The highest BCUT2D eigenvalue weighted by molar-refractivity contribution is 5.87. The zero-order valence-electron chi connectivity index (χ0n) is 15.2. The van der Waals surface area contributed by atoms with Crippen molar-refractivity contribution in [1.82, 2.24) is 9.97 Å². The predicted molar refractivity (Wildman–Crippen MR) is 97.2 cm³/mol. The van der Waals surface area contributed by atoms with Gasteiger partial charge in [0.15, 0.2) is 5.69 Å². The largest absolute Gasteiger partial charge is 0.456 e. The number of rotatable bonds is 4. The van der Waals surface area contributed by atoms with Crippen molar-refractivity contribution >= 4 is 16.9 Å². The predicted octanol–water partition coefficient (Wildman–Crippen LogP) is 3.68. The van der Waals surface area contributed by atoms with Gasteiger partial charge in [0.1, 0.15) is 12.2 Å². The highest BCUT2D eigenvalue weighted by Crippen LogP contribution is 2.27. The zero-order valence-corrected chi connectivity index (χ0v) is 15.2. The first kappa shape index (κ1) is 17.8. The van der Waals surface area contributed by atoms with Crippen LogP contribution < -0.4 is 5.63 Å². The van der Waals surface area contributed by atoms with Crippen LogP contribution in [0.15, 0.2) is 39.8 Å². The maximum Gasteiger partial charge on any atom is 0.358 e. The number of aromatic nitrogens is 2. The number of hydrogen-bond donors (Lipinski definition) is 0. The van der Waals surface area contributed by atoms with Crippen LogP contribution in [0.1, 0.15) is 52.6 Å². The summed E-state index contributed by atoms with van der Waals surface area (Å²) < 4.78 is 10.6. The molecule has 3 aromatic rings. The molecule has 3 rings (SSSR count). The van der Waals surface area contributed by atoms with Crippen molar-refractivity contribution in [1.29, 1.82) is 0 Å². The van der Waals surface area contributed by atoms with Gasteiger partial charge in [0, 0.05) is 23.2 Å². The quantitative estimate of drug-likeness (QED) is 0.526. The van der Waals surface area contributed by atoms with Gasteiger partial charge in [-0.05, 0) is 43.0 Å². The minimum absolute atomic E-state index is 0.0446. The third kappa shape index (κ3) is 3.64. The first-order chi connectivity index (χ1) is 12.3. The lowest BCUT2D eigenvalue weighted by molar-refractivity contribution is 0.0466. The summed E-state index contributed by atoms with van der Waals surface area (Å²) in [5.41, 5.74) is 3.66. The lowest BCUT2D eigenvalue weighted by atomic mass is 9.95. The molecule has 0 aliphatic rings. The lowest BCUT2D eigenvalue weighted by Gasteiger charge is -2.13. The van der Waals surface area contributed by atoms with Crippen molar-refractivity contribution in [2.75, 3.05) is 0 Å². The third-order valence-corrected chi connectivity index (χ3v) is 4.19. The molecule has 0 spiro atoms. The molecular formula is C20H20N2O4. The molecule has 2 heterocycles. The molecule has 1 aromatic carbocycles. The number of hydrogen-bond acceptors (Lipinski definition) is 6. The Morgan fingerprint density at radius 1 is 1.15 bits per heavy atom. The Labute approximate surface area is 150 Å². The van der Waals surface area contributed by atoms with E-state index in [9.17, 15) is 9.59 Å². The summed E-state index contributed by atoms with van der Waals surface area (Å²) in [6.07, 6.45) is 2.87. The van der Waals surface area contributed by atoms with Crippen molar-refractivity contribution in [2.24, 2.45) is 0 Å². The van der Waals surface area contributed by atoms with E-state index in [1.165, 1.54) is 18.5 Å². The van der Waals surface area contributed by atoms with Gasteiger partial charge in [-0.2, -0.15) is 0 Å². The van der Waals surface area contributed by atoms with Gasteiger partial charge in [-0.15, -0.1) is 0 Å². The molecule has 26 heavy (non-hydrogen) atoms. The molecule has 0 saturated carbocycles. The van der Waals surface area contributed by atoms with E-state index in [2.05, 4.69) is 23.8 Å². The van der Waals surface area contributed by atoms with Crippen molar-refractivity contribution in [3.63, 3.8) is 0 Å². The maximum absolute atomic E-state index is 12.2. The highest BCUT2D eigenvalue weighted by atomic mass is 16.5. The maximum atomic E-state index is 12.2. The van der Waals surface area contributed by atoms with E-state index in [0.717, 1.165) is 16.5 Å². The first-order valence-corrected chi connectivity index (χ1v) is 8.38. The van der Waals surface area contributed by atoms with E-state index >= 15 is 0 Å². The van der Waals surface area contributed by atoms with Crippen molar-refractivity contribution in [3.05, 3.63) is 69.1 Å². The molecule has 0 unspecified atom stereocenters. The molecule has 6 heteroatoms. The van der Waals surface area contributed by atoms with Crippen LogP contribution in [0.3, 0.4) is 0 Å². The van der Waals surface area contributed by atoms with Crippen LogP contribution in [0.5, 0.6) is 0 Å². The Morgan fingerprint density at radius 2 is 1.92 bits per heavy atom. The molecule has 0 radical (unpaired) electrons. The SMILES string of the molecule is Cc1cnc(C(=O)OCc2cc(=O)oc3cc(C)c(C(C)C)cc23)cn1. The minimum atomic E-state index is -0.588. The molecule has 0 saturated heterocycles. The van der Waals surface area contributed by atoms with Crippen molar-refractivity contribution < 1.29 is 13.9 Å². The fourth-order valence-corrected chi connectivity index (χ4v) is 2.85. The van der Waals surface area contributed by atoms with Gasteiger partial charge in [-0.3, -0.25) is 4.98 Å². The van der Waals surface area contributed by atoms with Crippen molar-refractivity contribution in [2.45, 2.75) is 40.2 Å². The Hall–Kier alpha value is -3.02. The summed E-state index contributed by atoms with van der Waals surface area (Å²) in [7, 11) is 0. The molecule has 0 amide bonds. The van der Waals surface area contributed by atoms with Crippen LogP contribution in [-0.2, 0) is 11.3 Å². The minimum Gasteiger partial charge on any atom is -0.456 e. The average Bonchev–Trinajstić information content (AvgIpc) is 2.59. The second-order valence-electron chi connectivity index (χ2n) is 6.57. The summed E-state index contributed by atoms with van der Waals surface area (Å²) in [4.78, 5) is 32.0. The van der Waals surface area contributed by atoms with Gasteiger partial charge in [0.05, 0.1) is 11.9 Å². The summed E-state index contributed by atoms with van der Waals surface area (Å²) in [6.45, 7) is 7.92. The topological polar surface area (TPSA) is 82.3 Å². The number of fused-ring (bicyclic) bond motifs is 1. The van der Waals surface area contributed by atoms with Crippen LogP contribution in [0.4, 0.5) is 0 Å². The smallest absolute Gasteiger partial charge is 0.358 e. The number of carbonyl (C=O) groups excluding carboxylic acids is 1. The van der Waals surface area contributed by atoms with Gasteiger partial charge >= 0.3 is 11.6 Å². The fraction of sp³-hybridized carbons (Fsp3) is 0.300. The van der Waals surface area contributed by atoms with E-state index in [1.807, 2.05) is 19.1 Å². The number of ether oxygens (including phenoxy) is 1. The monoisotopic (exact) mass is 352 g/mol. The van der Waals surface area contributed by atoms with Crippen LogP contribution in [0, 0.1) is 13.8 Å². The molecule has 0 N–H and O–H groups in total. The second-order valence-corrected chi connectivity index (χ2v) is 6.57. The number of benzene rings is 1. The van der Waals surface area contributed by atoms with Crippen LogP contribution in [0.2, 0.25) is 0 Å². The molecule has 0 atom stereocenters. The average molecular weight is 352 g/mol. The molecule has 0 aliphatic heterocycles. The van der Waals surface area contributed by atoms with E-state index in [-0.39, 0.29) is 12.3 Å². The summed E-state index contributed by atoms with van der Waals surface area (Å²) in [5.74, 6) is -0.264. The van der Waals surface area contributed by atoms with Crippen LogP contribution in [0.25, 0.3) is 11.0 Å². The van der Waals surface area contributed by atoms with Gasteiger partial charge in [0.2, 0.25) is 0 Å². The Kier molecular flexibility index (Phi) is 4.84. The van der Waals surface area contributed by atoms with Gasteiger partial charge in [0.25, 0.3) is 0 Å². The van der Waals surface area contributed by atoms with Gasteiger partial charge < -0.3 is 9.15 Å². The van der Waals surface area contributed by atoms with Crippen molar-refractivity contribution in [3.8, 4) is 0 Å². The van der Waals surface area contributed by atoms with E-state index in [4.69, 9.17) is 9.15 Å². The lowest BCUT2D eigenvalue weighted by Crippen LogP contribution is -2.10. The highest BCUT2D eigenvalue weighted by Gasteiger charge is 2.14. The second kappa shape index (κ2) is 7.07. The molecule has 2 aromatic heterocycles. The number of carbonyl (C=O) groups is 1. The number of esters is 1. The Bertz CT molecular complexity index is 1020. The standard InChI is InChI=1S/C20H20N2O4/c1-11(2)15-7-16-14(6-19(23)26-18(16)5-12(15)3)10-25-20(24)17-9-21-13(4)8-22-17/h5-9,11H,10H2,1-4H3. The molecular weight excluding hydrogens is 332 g/mol. The van der Waals surface area contributed by atoms with E-state index < -0.39 is 11.6 Å². The van der Waals surface area contributed by atoms with E-state index in [0.29, 0.717) is 22.8 Å². The normalized spacial score (nSPS) is 11.1. The Balaban J connectivity index is 1.93. The van der Waals surface area contributed by atoms with Crippen LogP contribution in [-0.4, -0.2) is 15.9 Å². The summed E-state index contributed by atoms with van der Waals surface area (Å²) in [5, 5.41) is 0.765. The van der Waals surface area contributed by atoms with Gasteiger partial charge in [-0.1, -0.05) is 13.8 Å². The molecule has 0 fully saturated rings. The zero-order chi connectivity index (χ0) is 18.8. The Morgan fingerprint density at radius 3 is 2.58 bits per heavy atom. The first-order valence-electron chi connectivity index (χ1n) is 8.38. The summed E-state index contributed by atoms with van der Waals surface area (Å²) >= 11 is 0. The van der Waals surface area contributed by atoms with E-state index in [1.54, 1.807) is 6.92 Å².